The first-order valence-corrected chi connectivity index (χ1v) is 9.32. The lowest BCUT2D eigenvalue weighted by Crippen LogP contribution is -2.07. The van der Waals surface area contributed by atoms with Gasteiger partial charge < -0.3 is 5.73 Å². The van der Waals surface area contributed by atoms with E-state index in [0.717, 1.165) is 19.3 Å². The van der Waals surface area contributed by atoms with Crippen molar-refractivity contribution >= 4 is 16.9 Å². The third-order valence-electron chi connectivity index (χ3n) is 4.15. The Kier molecular flexibility index (Phi) is 6.00. The summed E-state index contributed by atoms with van der Waals surface area (Å²) in [5, 5.41) is 2.10. The monoisotopic (exact) mass is 333 g/mol. The molecule has 1 aromatic heterocycles. The quantitative estimate of drug-likeness (QED) is 0.523. The highest BCUT2D eigenvalue weighted by Crippen LogP contribution is 2.26. The Morgan fingerprint density at radius 3 is 2.04 bits per heavy atom. The Labute approximate surface area is 148 Å². The highest BCUT2D eigenvalue weighted by Gasteiger charge is 2.07. The zero-order valence-electron chi connectivity index (χ0n) is 13.8. The van der Waals surface area contributed by atoms with Crippen molar-refractivity contribution < 1.29 is 0 Å². The molecule has 1 unspecified atom stereocenters. The van der Waals surface area contributed by atoms with Crippen LogP contribution < -0.4 is 5.73 Å². The van der Waals surface area contributed by atoms with Gasteiger partial charge in [0.25, 0.3) is 0 Å². The topological polar surface area (TPSA) is 26.0 Å². The molecule has 0 aliphatic carbocycles. The summed E-state index contributed by atoms with van der Waals surface area (Å²) in [4.78, 5) is 1.28. The molecule has 2 heteroatoms. The van der Waals surface area contributed by atoms with Gasteiger partial charge >= 0.3 is 0 Å². The summed E-state index contributed by atoms with van der Waals surface area (Å²) in [7, 11) is 0. The maximum atomic E-state index is 6.27. The lowest BCUT2D eigenvalue weighted by Gasteiger charge is -2.10. The summed E-state index contributed by atoms with van der Waals surface area (Å²) in [5.41, 5.74) is 10.1. The number of nitrogens with two attached hydrogens (primary N) is 1. The van der Waals surface area contributed by atoms with E-state index in [0.29, 0.717) is 0 Å². The minimum atomic E-state index is 0.162. The zero-order chi connectivity index (χ0) is 16.6. The molecule has 0 radical (unpaired) electrons. The Bertz CT molecular complexity index is 704. The summed E-state index contributed by atoms with van der Waals surface area (Å²) < 4.78 is 0. The molecule has 2 N–H and O–H groups in total. The van der Waals surface area contributed by atoms with Gasteiger partial charge in [0.1, 0.15) is 0 Å². The molecule has 0 saturated carbocycles. The van der Waals surface area contributed by atoms with Gasteiger partial charge in [-0.2, -0.15) is 0 Å². The molecule has 24 heavy (non-hydrogen) atoms. The molecule has 0 aliphatic heterocycles. The van der Waals surface area contributed by atoms with Crippen LogP contribution in [0.4, 0.5) is 0 Å². The molecule has 3 aromatic rings. The van der Waals surface area contributed by atoms with Crippen LogP contribution in [0.5, 0.6) is 0 Å². The van der Waals surface area contributed by atoms with Crippen molar-refractivity contribution in [2.45, 2.75) is 25.3 Å². The summed E-state index contributed by atoms with van der Waals surface area (Å²) >= 11 is 1.75. The largest absolute Gasteiger partial charge is 0.323 e. The number of unbranched alkanes of at least 4 members (excludes halogenated alkanes) is 1. The van der Waals surface area contributed by atoms with E-state index in [9.17, 15) is 0 Å². The van der Waals surface area contributed by atoms with E-state index in [4.69, 9.17) is 5.73 Å². The van der Waals surface area contributed by atoms with Crippen molar-refractivity contribution in [3.63, 3.8) is 0 Å². The maximum Gasteiger partial charge on any atom is 0.0389 e. The molecule has 1 nitrogen and oxygen atoms in total. The van der Waals surface area contributed by atoms with E-state index in [2.05, 4.69) is 84.3 Å². The fourth-order valence-corrected chi connectivity index (χ4v) is 3.63. The zero-order valence-corrected chi connectivity index (χ0v) is 14.6. The first-order chi connectivity index (χ1) is 11.8. The van der Waals surface area contributed by atoms with Crippen LogP contribution in [0.3, 0.4) is 0 Å². The van der Waals surface area contributed by atoms with E-state index in [1.807, 2.05) is 0 Å². The normalized spacial score (nSPS) is 11.9. The van der Waals surface area contributed by atoms with E-state index in [-0.39, 0.29) is 6.04 Å². The van der Waals surface area contributed by atoms with Crippen molar-refractivity contribution in [3.05, 3.63) is 100 Å². The number of hydrogen-bond acceptors (Lipinski definition) is 2. The van der Waals surface area contributed by atoms with Gasteiger partial charge in [0.15, 0.2) is 0 Å². The van der Waals surface area contributed by atoms with Gasteiger partial charge in [0.05, 0.1) is 0 Å². The average molecular weight is 334 g/mol. The smallest absolute Gasteiger partial charge is 0.0389 e. The van der Waals surface area contributed by atoms with Gasteiger partial charge in [0.2, 0.25) is 0 Å². The van der Waals surface area contributed by atoms with Crippen molar-refractivity contribution in [2.24, 2.45) is 5.73 Å². The lowest BCUT2D eigenvalue weighted by molar-refractivity contribution is 0.626. The first-order valence-electron chi connectivity index (χ1n) is 8.44. The third-order valence-corrected chi connectivity index (χ3v) is 5.15. The molecular weight excluding hydrogens is 310 g/mol. The van der Waals surface area contributed by atoms with Crippen molar-refractivity contribution in [1.82, 2.24) is 0 Å². The minimum Gasteiger partial charge on any atom is -0.323 e. The predicted molar refractivity (Wildman–Crippen MR) is 105 cm³/mol. The van der Waals surface area contributed by atoms with Crippen LogP contribution in [0.1, 0.15) is 41.3 Å². The average Bonchev–Trinajstić information content (AvgIpc) is 3.18. The molecule has 1 heterocycles. The molecule has 0 bridgehead atoms. The van der Waals surface area contributed by atoms with Gasteiger partial charge in [0, 0.05) is 10.9 Å². The minimum absolute atomic E-state index is 0.162. The molecule has 0 spiro atoms. The highest BCUT2D eigenvalue weighted by atomic mass is 32.1. The third kappa shape index (κ3) is 4.44. The van der Waals surface area contributed by atoms with Crippen LogP contribution in [-0.4, -0.2) is 0 Å². The van der Waals surface area contributed by atoms with Gasteiger partial charge in [-0.1, -0.05) is 72.8 Å². The second kappa shape index (κ2) is 8.62. The molecule has 3 rings (SSSR count). The van der Waals surface area contributed by atoms with Crippen LogP contribution in [0.15, 0.2) is 84.3 Å². The molecule has 0 saturated heterocycles. The van der Waals surface area contributed by atoms with E-state index >= 15 is 0 Å². The Morgan fingerprint density at radius 2 is 1.50 bits per heavy atom. The summed E-state index contributed by atoms with van der Waals surface area (Å²) in [6.45, 7) is 0. The summed E-state index contributed by atoms with van der Waals surface area (Å²) in [5.74, 6) is 0. The Hall–Kier alpha value is -2.16. The van der Waals surface area contributed by atoms with E-state index in [1.54, 1.807) is 11.3 Å². The fourth-order valence-electron chi connectivity index (χ4n) is 2.87. The van der Waals surface area contributed by atoms with E-state index < -0.39 is 0 Å². The number of thiophene rings is 1. The molecule has 0 aliphatic rings. The van der Waals surface area contributed by atoms with Crippen LogP contribution >= 0.6 is 11.3 Å². The molecule has 122 valence electrons. The summed E-state index contributed by atoms with van der Waals surface area (Å²) in [6.07, 6.45) is 5.51. The van der Waals surface area contributed by atoms with Crippen molar-refractivity contribution in [2.75, 3.05) is 0 Å². The maximum absolute atomic E-state index is 6.27. The molecule has 1 atom stereocenters. The molecule has 0 amide bonds. The van der Waals surface area contributed by atoms with Crippen LogP contribution in [0.2, 0.25) is 0 Å². The second-order valence-corrected chi connectivity index (χ2v) is 6.88. The summed E-state index contributed by atoms with van der Waals surface area (Å²) in [6, 6.07) is 25.6. The van der Waals surface area contributed by atoms with Crippen LogP contribution in [0, 0.1) is 0 Å². The highest BCUT2D eigenvalue weighted by molar-refractivity contribution is 7.10. The number of allylic oxidation sites excluding steroid dienone is 1. The second-order valence-electron chi connectivity index (χ2n) is 5.90. The van der Waals surface area contributed by atoms with E-state index in [1.165, 1.54) is 21.6 Å². The molecule has 0 fully saturated rings. The number of benzene rings is 2. The number of rotatable bonds is 7. The van der Waals surface area contributed by atoms with Crippen LogP contribution in [-0.2, 0) is 0 Å². The van der Waals surface area contributed by atoms with Crippen molar-refractivity contribution in [3.8, 4) is 0 Å². The van der Waals surface area contributed by atoms with Gasteiger partial charge in [-0.25, -0.2) is 0 Å². The molecular formula is C22H23NS. The van der Waals surface area contributed by atoms with Gasteiger partial charge in [-0.05, 0) is 47.4 Å². The predicted octanol–water partition coefficient (Wildman–Crippen LogP) is 6.05. The Balaban J connectivity index is 1.68. The standard InChI is InChI=1S/C22H23NS/c23-21(22-16-9-17-24-22)15-8-7-14-20(18-10-3-1-4-11-18)19-12-5-2-6-13-19/h1-6,9-14,16-17,21H,7-8,15,23H2. The van der Waals surface area contributed by atoms with Gasteiger partial charge in [-0.3, -0.25) is 0 Å². The number of hydrogen-bond donors (Lipinski definition) is 1. The first kappa shape index (κ1) is 16.7. The van der Waals surface area contributed by atoms with Crippen molar-refractivity contribution in [1.29, 1.82) is 0 Å². The lowest BCUT2D eigenvalue weighted by atomic mass is 9.96. The van der Waals surface area contributed by atoms with Crippen LogP contribution in [0.25, 0.3) is 5.57 Å². The molecule has 2 aromatic carbocycles. The Morgan fingerprint density at radius 1 is 0.875 bits per heavy atom. The van der Waals surface area contributed by atoms with Gasteiger partial charge in [-0.15, -0.1) is 11.3 Å². The fraction of sp³-hybridized carbons (Fsp3) is 0.182. The SMILES string of the molecule is NC(CCCC=C(c1ccccc1)c1ccccc1)c1cccs1.